The van der Waals surface area contributed by atoms with Gasteiger partial charge in [-0.25, -0.2) is 4.79 Å². The first-order chi connectivity index (χ1) is 13.5. The number of benzene rings is 2. The highest BCUT2D eigenvalue weighted by molar-refractivity contribution is 6.09. The smallest absolute Gasteiger partial charge is 0.326 e. The Bertz CT molecular complexity index is 936. The Kier molecular flexibility index (Phi) is 4.79. The lowest BCUT2D eigenvalue weighted by molar-refractivity contribution is -0.149. The van der Waals surface area contributed by atoms with E-state index in [4.69, 9.17) is 4.74 Å². The van der Waals surface area contributed by atoms with E-state index in [1.54, 1.807) is 0 Å². The molecule has 2 aliphatic rings. The van der Waals surface area contributed by atoms with Gasteiger partial charge in [0.1, 0.15) is 18.7 Å². The van der Waals surface area contributed by atoms with Crippen LogP contribution in [0, 0.1) is 5.92 Å². The number of hydrogen-bond donors (Lipinski definition) is 1. The molecule has 0 bridgehead atoms. The number of esters is 1. The molecule has 1 saturated heterocycles. The van der Waals surface area contributed by atoms with Crippen molar-refractivity contribution in [2.24, 2.45) is 5.92 Å². The van der Waals surface area contributed by atoms with Crippen LogP contribution in [0.4, 0.5) is 4.79 Å². The van der Waals surface area contributed by atoms with Crippen LogP contribution in [0.15, 0.2) is 42.5 Å². The predicted octanol–water partition coefficient (Wildman–Crippen LogP) is 3.38. The minimum atomic E-state index is -0.856. The van der Waals surface area contributed by atoms with Gasteiger partial charge in [-0.15, -0.1) is 0 Å². The zero-order valence-electron chi connectivity index (χ0n) is 15.9. The Morgan fingerprint density at radius 3 is 2.79 bits per heavy atom. The van der Waals surface area contributed by atoms with E-state index in [0.29, 0.717) is 6.42 Å². The van der Waals surface area contributed by atoms with Crippen molar-refractivity contribution >= 4 is 28.7 Å². The van der Waals surface area contributed by atoms with Crippen molar-refractivity contribution in [1.29, 1.82) is 0 Å². The van der Waals surface area contributed by atoms with Crippen molar-refractivity contribution in [3.05, 3.63) is 48.0 Å². The standard InChI is InChI=1S/C22H24N2O4/c1-15-7-4-5-12-22(15)20(26)24(21(27)23-22)13-19(25)28-14-17-10-6-9-16-8-2-3-11-18(16)17/h2-3,6,8-11,15H,4-5,7,12-14H2,1H3,(H,23,27)/t15-,22+/m0/s1. The van der Waals surface area contributed by atoms with E-state index in [-0.39, 0.29) is 25.0 Å². The summed E-state index contributed by atoms with van der Waals surface area (Å²) in [6.07, 6.45) is 3.47. The summed E-state index contributed by atoms with van der Waals surface area (Å²) in [4.78, 5) is 38.7. The summed E-state index contributed by atoms with van der Waals surface area (Å²) in [5.74, 6) is -0.821. The number of amides is 3. The van der Waals surface area contributed by atoms with Gasteiger partial charge in [0.2, 0.25) is 0 Å². The lowest BCUT2D eigenvalue weighted by Crippen LogP contribution is -2.54. The summed E-state index contributed by atoms with van der Waals surface area (Å²) < 4.78 is 5.38. The lowest BCUT2D eigenvalue weighted by Gasteiger charge is -2.36. The van der Waals surface area contributed by atoms with Crippen LogP contribution in [-0.2, 0) is 20.9 Å². The second-order valence-electron chi connectivity index (χ2n) is 7.74. The first-order valence-corrected chi connectivity index (χ1v) is 9.77. The summed E-state index contributed by atoms with van der Waals surface area (Å²) in [5.41, 5.74) is 0.0339. The number of ether oxygens (including phenoxy) is 1. The first kappa shape index (κ1) is 18.5. The second kappa shape index (κ2) is 7.26. The van der Waals surface area contributed by atoms with E-state index in [1.807, 2.05) is 49.4 Å². The number of nitrogens with zero attached hydrogens (tertiary/aromatic N) is 1. The number of nitrogens with one attached hydrogen (secondary N) is 1. The van der Waals surface area contributed by atoms with Crippen molar-refractivity contribution in [2.75, 3.05) is 6.54 Å². The molecule has 0 aromatic heterocycles. The highest BCUT2D eigenvalue weighted by Gasteiger charge is 2.55. The summed E-state index contributed by atoms with van der Waals surface area (Å²) in [7, 11) is 0. The molecule has 4 rings (SSSR count). The third-order valence-electron chi connectivity index (χ3n) is 6.06. The van der Waals surface area contributed by atoms with Crippen LogP contribution >= 0.6 is 0 Å². The molecule has 2 fully saturated rings. The van der Waals surface area contributed by atoms with Gasteiger partial charge in [0.05, 0.1) is 0 Å². The Morgan fingerprint density at radius 1 is 1.18 bits per heavy atom. The number of urea groups is 1. The molecule has 1 aliphatic carbocycles. The first-order valence-electron chi connectivity index (χ1n) is 9.77. The number of carbonyl (C=O) groups excluding carboxylic acids is 3. The topological polar surface area (TPSA) is 75.7 Å². The van der Waals surface area contributed by atoms with Gasteiger partial charge in [0, 0.05) is 0 Å². The van der Waals surface area contributed by atoms with Gasteiger partial charge < -0.3 is 10.1 Å². The summed E-state index contributed by atoms with van der Waals surface area (Å²) in [6.45, 7) is 1.73. The molecule has 3 amide bonds. The fraction of sp³-hybridized carbons (Fsp3) is 0.409. The molecular formula is C22H24N2O4. The Balaban J connectivity index is 1.42. The molecule has 1 aliphatic heterocycles. The third-order valence-corrected chi connectivity index (χ3v) is 6.06. The van der Waals surface area contributed by atoms with E-state index < -0.39 is 17.5 Å². The largest absolute Gasteiger partial charge is 0.459 e. The predicted molar refractivity (Wildman–Crippen MR) is 104 cm³/mol. The monoisotopic (exact) mass is 380 g/mol. The third kappa shape index (κ3) is 3.13. The Hall–Kier alpha value is -2.89. The van der Waals surface area contributed by atoms with E-state index in [9.17, 15) is 14.4 Å². The van der Waals surface area contributed by atoms with Gasteiger partial charge in [0.15, 0.2) is 0 Å². The highest BCUT2D eigenvalue weighted by Crippen LogP contribution is 2.38. The Labute approximate surface area is 163 Å². The number of rotatable bonds is 4. The van der Waals surface area contributed by atoms with Crippen molar-refractivity contribution in [2.45, 2.75) is 44.8 Å². The molecule has 6 heteroatoms. The van der Waals surface area contributed by atoms with Crippen LogP contribution < -0.4 is 5.32 Å². The van der Waals surface area contributed by atoms with Gasteiger partial charge in [-0.05, 0) is 35.1 Å². The number of hydrogen-bond acceptors (Lipinski definition) is 4. The maximum Gasteiger partial charge on any atom is 0.326 e. The quantitative estimate of drug-likeness (QED) is 0.652. The van der Waals surface area contributed by atoms with E-state index in [1.165, 1.54) is 0 Å². The fourth-order valence-electron chi connectivity index (χ4n) is 4.39. The molecule has 1 spiro atoms. The molecule has 146 valence electrons. The second-order valence-corrected chi connectivity index (χ2v) is 7.74. The zero-order chi connectivity index (χ0) is 19.7. The highest BCUT2D eigenvalue weighted by atomic mass is 16.5. The normalized spacial score (nSPS) is 24.6. The summed E-state index contributed by atoms with van der Waals surface area (Å²) in [6, 6.07) is 13.2. The van der Waals surface area contributed by atoms with Gasteiger partial charge in [-0.2, -0.15) is 0 Å². The van der Waals surface area contributed by atoms with Crippen molar-refractivity contribution in [3.8, 4) is 0 Å². The van der Waals surface area contributed by atoms with Crippen molar-refractivity contribution in [3.63, 3.8) is 0 Å². The number of imide groups is 1. The van der Waals surface area contributed by atoms with E-state index in [2.05, 4.69) is 5.32 Å². The van der Waals surface area contributed by atoms with E-state index in [0.717, 1.165) is 40.5 Å². The molecule has 0 unspecified atom stereocenters. The average molecular weight is 380 g/mol. The van der Waals surface area contributed by atoms with Crippen molar-refractivity contribution < 1.29 is 19.1 Å². The molecule has 1 heterocycles. The van der Waals surface area contributed by atoms with Crippen LogP contribution in [0.2, 0.25) is 0 Å². The van der Waals surface area contributed by atoms with Crippen LogP contribution in [0.5, 0.6) is 0 Å². The van der Waals surface area contributed by atoms with Crippen molar-refractivity contribution in [1.82, 2.24) is 10.2 Å². The van der Waals surface area contributed by atoms with Gasteiger partial charge >= 0.3 is 12.0 Å². The van der Waals surface area contributed by atoms with E-state index >= 15 is 0 Å². The SMILES string of the molecule is C[C@H]1CCCC[C@@]12NC(=O)N(CC(=O)OCc1cccc3ccccc13)C2=O. The van der Waals surface area contributed by atoms with Gasteiger partial charge in [-0.1, -0.05) is 62.2 Å². The minimum absolute atomic E-state index is 0.0643. The molecule has 0 radical (unpaired) electrons. The maximum atomic E-state index is 12.9. The lowest BCUT2D eigenvalue weighted by atomic mass is 9.73. The Morgan fingerprint density at radius 2 is 1.96 bits per heavy atom. The van der Waals surface area contributed by atoms with Crippen LogP contribution in [0.1, 0.15) is 38.2 Å². The number of fused-ring (bicyclic) bond motifs is 1. The molecule has 1 saturated carbocycles. The molecule has 6 nitrogen and oxygen atoms in total. The zero-order valence-corrected chi connectivity index (χ0v) is 15.9. The molecule has 2 aromatic rings. The molecule has 28 heavy (non-hydrogen) atoms. The summed E-state index contributed by atoms with van der Waals surface area (Å²) in [5, 5.41) is 4.94. The minimum Gasteiger partial charge on any atom is -0.459 e. The average Bonchev–Trinajstić information content (AvgIpc) is 2.93. The molecule has 2 atom stereocenters. The number of carbonyl (C=O) groups is 3. The summed E-state index contributed by atoms with van der Waals surface area (Å²) >= 11 is 0. The van der Waals surface area contributed by atoms with Gasteiger partial charge in [0.25, 0.3) is 5.91 Å². The maximum absolute atomic E-state index is 12.9. The fourth-order valence-corrected chi connectivity index (χ4v) is 4.39. The van der Waals surface area contributed by atoms with Gasteiger partial charge in [-0.3, -0.25) is 14.5 Å². The van der Waals surface area contributed by atoms with Crippen LogP contribution in [-0.4, -0.2) is 34.9 Å². The van der Waals surface area contributed by atoms with Crippen LogP contribution in [0.3, 0.4) is 0 Å². The molecular weight excluding hydrogens is 356 g/mol. The molecule has 1 N–H and O–H groups in total. The van der Waals surface area contributed by atoms with Crippen LogP contribution in [0.25, 0.3) is 10.8 Å². The molecule has 2 aromatic carbocycles.